The highest BCUT2D eigenvalue weighted by Gasteiger charge is 2.14. The molecule has 18 heavy (non-hydrogen) atoms. The zero-order valence-electron chi connectivity index (χ0n) is 11.1. The second-order valence-corrected chi connectivity index (χ2v) is 5.10. The van der Waals surface area contributed by atoms with Gasteiger partial charge >= 0.3 is 0 Å². The predicted octanol–water partition coefficient (Wildman–Crippen LogP) is 4.09. The van der Waals surface area contributed by atoms with Crippen molar-refractivity contribution in [2.75, 3.05) is 0 Å². The van der Waals surface area contributed by atoms with Crippen LogP contribution < -0.4 is 0 Å². The van der Waals surface area contributed by atoms with E-state index in [-0.39, 0.29) is 0 Å². The van der Waals surface area contributed by atoms with E-state index < -0.39 is 6.10 Å². The van der Waals surface area contributed by atoms with E-state index in [1.54, 1.807) is 6.20 Å². The summed E-state index contributed by atoms with van der Waals surface area (Å²) >= 11 is 0. The molecule has 1 aromatic heterocycles. The van der Waals surface area contributed by atoms with Crippen LogP contribution in [0.4, 0.5) is 0 Å². The molecule has 1 heterocycles. The average molecular weight is 243 g/mol. The summed E-state index contributed by atoms with van der Waals surface area (Å²) in [4.78, 5) is 4.23. The van der Waals surface area contributed by atoms with Gasteiger partial charge in [0.15, 0.2) is 0 Å². The molecule has 2 heteroatoms. The first-order valence-electron chi connectivity index (χ1n) is 6.73. The molecule has 0 amide bonds. The largest absolute Gasteiger partial charge is 0.388 e. The van der Waals surface area contributed by atoms with Crippen LogP contribution in [0.3, 0.4) is 0 Å². The molecule has 96 valence electrons. The summed E-state index contributed by atoms with van der Waals surface area (Å²) in [5.41, 5.74) is 0.955. The zero-order chi connectivity index (χ0) is 13.0. The Hall–Kier alpha value is -1.41. The van der Waals surface area contributed by atoms with Gasteiger partial charge in [-0.05, 0) is 17.7 Å². The molecule has 0 saturated carbocycles. The van der Waals surface area contributed by atoms with Crippen molar-refractivity contribution >= 4 is 10.8 Å². The van der Waals surface area contributed by atoms with Crippen molar-refractivity contribution in [3.63, 3.8) is 0 Å². The number of aliphatic hydroxyl groups is 1. The van der Waals surface area contributed by atoms with E-state index in [0.29, 0.717) is 5.92 Å². The van der Waals surface area contributed by atoms with Gasteiger partial charge < -0.3 is 5.11 Å². The molecule has 2 unspecified atom stereocenters. The molecule has 0 aliphatic heterocycles. The quantitative estimate of drug-likeness (QED) is 0.857. The lowest BCUT2D eigenvalue weighted by atomic mass is 9.93. The molecule has 1 N–H and O–H groups in total. The van der Waals surface area contributed by atoms with E-state index in [1.807, 2.05) is 24.4 Å². The van der Waals surface area contributed by atoms with Crippen LogP contribution in [0.15, 0.2) is 36.7 Å². The average Bonchev–Trinajstić information content (AvgIpc) is 2.38. The van der Waals surface area contributed by atoms with Gasteiger partial charge in [0.1, 0.15) is 0 Å². The zero-order valence-corrected chi connectivity index (χ0v) is 11.1. The Morgan fingerprint density at radius 1 is 1.22 bits per heavy atom. The minimum absolute atomic E-state index is 0.412. The number of hydrogen-bond acceptors (Lipinski definition) is 2. The standard InChI is InChI=1S/C16H21NO/c1-3-6-12(2)9-16(18)15-11-17-10-13-7-4-5-8-14(13)15/h4-5,7-8,10-12,16,18H,3,6,9H2,1-2H3. The number of fused-ring (bicyclic) bond motifs is 1. The lowest BCUT2D eigenvalue weighted by Crippen LogP contribution is -2.05. The molecule has 1 aromatic carbocycles. The van der Waals surface area contributed by atoms with Crippen molar-refractivity contribution in [2.45, 2.75) is 39.2 Å². The fraction of sp³-hybridized carbons (Fsp3) is 0.438. The first-order valence-corrected chi connectivity index (χ1v) is 6.73. The van der Waals surface area contributed by atoms with Gasteiger partial charge in [-0.25, -0.2) is 0 Å². The molecule has 2 rings (SSSR count). The van der Waals surface area contributed by atoms with Crippen LogP contribution in [0.2, 0.25) is 0 Å². The SMILES string of the molecule is CCCC(C)CC(O)c1cncc2ccccc12. The number of nitrogens with zero attached hydrogens (tertiary/aromatic N) is 1. The summed E-state index contributed by atoms with van der Waals surface area (Å²) < 4.78 is 0. The number of rotatable bonds is 5. The van der Waals surface area contributed by atoms with Gasteiger partial charge in [0.25, 0.3) is 0 Å². The lowest BCUT2D eigenvalue weighted by molar-refractivity contribution is 0.146. The fourth-order valence-electron chi connectivity index (χ4n) is 2.52. The third kappa shape index (κ3) is 2.88. The molecule has 2 atom stereocenters. The lowest BCUT2D eigenvalue weighted by Gasteiger charge is -2.17. The number of benzene rings is 1. The summed E-state index contributed by atoms with van der Waals surface area (Å²) in [5.74, 6) is 0.545. The van der Waals surface area contributed by atoms with E-state index in [0.717, 1.165) is 29.2 Å². The molecule has 0 bridgehead atoms. The normalized spacial score (nSPS) is 14.6. The highest BCUT2D eigenvalue weighted by Crippen LogP contribution is 2.28. The highest BCUT2D eigenvalue weighted by atomic mass is 16.3. The van der Waals surface area contributed by atoms with Crippen LogP contribution in [-0.2, 0) is 0 Å². The second-order valence-electron chi connectivity index (χ2n) is 5.10. The van der Waals surface area contributed by atoms with Gasteiger partial charge in [-0.1, -0.05) is 51.0 Å². The Morgan fingerprint density at radius 3 is 2.78 bits per heavy atom. The first-order chi connectivity index (χ1) is 8.72. The molecule has 0 spiro atoms. The molecule has 0 fully saturated rings. The molecule has 0 saturated heterocycles. The fourth-order valence-corrected chi connectivity index (χ4v) is 2.52. The number of aromatic nitrogens is 1. The topological polar surface area (TPSA) is 33.1 Å². The van der Waals surface area contributed by atoms with E-state index in [9.17, 15) is 5.11 Å². The van der Waals surface area contributed by atoms with Crippen molar-refractivity contribution in [1.82, 2.24) is 4.98 Å². The van der Waals surface area contributed by atoms with Crippen molar-refractivity contribution in [1.29, 1.82) is 0 Å². The van der Waals surface area contributed by atoms with Crippen molar-refractivity contribution in [2.24, 2.45) is 5.92 Å². The minimum atomic E-state index is -0.412. The summed E-state index contributed by atoms with van der Waals surface area (Å²) in [5, 5.41) is 12.6. The Kier molecular flexibility index (Phi) is 4.32. The number of hydrogen-bond donors (Lipinski definition) is 1. The van der Waals surface area contributed by atoms with Gasteiger partial charge in [-0.2, -0.15) is 0 Å². The molecular formula is C16H21NO. The Balaban J connectivity index is 2.24. The van der Waals surface area contributed by atoms with Crippen molar-refractivity contribution < 1.29 is 5.11 Å². The maximum absolute atomic E-state index is 10.4. The summed E-state index contributed by atoms with van der Waals surface area (Å²) in [6, 6.07) is 8.10. The Labute approximate surface area is 109 Å². The number of pyridine rings is 1. The molecule has 0 aliphatic carbocycles. The van der Waals surface area contributed by atoms with Gasteiger partial charge in [-0.3, -0.25) is 4.98 Å². The number of aliphatic hydroxyl groups excluding tert-OH is 1. The summed E-state index contributed by atoms with van der Waals surface area (Å²) in [6.45, 7) is 4.38. The van der Waals surface area contributed by atoms with Gasteiger partial charge in [0.2, 0.25) is 0 Å². The van der Waals surface area contributed by atoms with Crippen LogP contribution >= 0.6 is 0 Å². The predicted molar refractivity (Wildman–Crippen MR) is 75.4 cm³/mol. The molecule has 0 radical (unpaired) electrons. The van der Waals surface area contributed by atoms with Crippen LogP contribution in [0, 0.1) is 5.92 Å². The van der Waals surface area contributed by atoms with Crippen molar-refractivity contribution in [3.05, 3.63) is 42.2 Å². The smallest absolute Gasteiger partial charge is 0.0813 e. The van der Waals surface area contributed by atoms with E-state index in [1.165, 1.54) is 6.42 Å². The highest BCUT2D eigenvalue weighted by molar-refractivity contribution is 5.84. The van der Waals surface area contributed by atoms with Gasteiger partial charge in [-0.15, -0.1) is 0 Å². The second kappa shape index (κ2) is 5.96. The molecular weight excluding hydrogens is 222 g/mol. The van der Waals surface area contributed by atoms with Crippen LogP contribution in [0.25, 0.3) is 10.8 Å². The maximum atomic E-state index is 10.4. The van der Waals surface area contributed by atoms with Crippen molar-refractivity contribution in [3.8, 4) is 0 Å². The Bertz CT molecular complexity index is 504. The van der Waals surface area contributed by atoms with Gasteiger partial charge in [0, 0.05) is 23.3 Å². The Morgan fingerprint density at radius 2 is 2.00 bits per heavy atom. The van der Waals surface area contributed by atoms with Crippen LogP contribution in [-0.4, -0.2) is 10.1 Å². The van der Waals surface area contributed by atoms with E-state index in [4.69, 9.17) is 0 Å². The monoisotopic (exact) mass is 243 g/mol. The van der Waals surface area contributed by atoms with Gasteiger partial charge in [0.05, 0.1) is 6.10 Å². The summed E-state index contributed by atoms with van der Waals surface area (Å²) in [7, 11) is 0. The molecule has 0 aliphatic rings. The van der Waals surface area contributed by atoms with E-state index in [2.05, 4.69) is 24.9 Å². The third-order valence-electron chi connectivity index (χ3n) is 3.47. The third-order valence-corrected chi connectivity index (χ3v) is 3.47. The first kappa shape index (κ1) is 13.0. The summed E-state index contributed by atoms with van der Waals surface area (Å²) in [6.07, 6.45) is 6.37. The minimum Gasteiger partial charge on any atom is -0.388 e. The molecule has 2 aromatic rings. The molecule has 2 nitrogen and oxygen atoms in total. The van der Waals surface area contributed by atoms with E-state index >= 15 is 0 Å². The maximum Gasteiger partial charge on any atom is 0.0813 e. The van der Waals surface area contributed by atoms with Crippen LogP contribution in [0.5, 0.6) is 0 Å². The van der Waals surface area contributed by atoms with Crippen LogP contribution in [0.1, 0.15) is 44.8 Å².